The standard InChI is InChI=1S/C13H17NO4/c1-17-11-4-2-9(3-5-11)8-18-13(16)12-6-10(15)7-14-12/h2-5,10,12,14-15H,6-8H2,1H3. The molecule has 0 aliphatic carbocycles. The van der Waals surface area contributed by atoms with E-state index in [1.165, 1.54) is 0 Å². The number of aliphatic hydroxyl groups is 1. The summed E-state index contributed by atoms with van der Waals surface area (Å²) in [6.07, 6.45) is -0.0370. The fraction of sp³-hybridized carbons (Fsp3) is 0.462. The van der Waals surface area contributed by atoms with Gasteiger partial charge in [0.25, 0.3) is 0 Å². The maximum atomic E-state index is 11.7. The zero-order chi connectivity index (χ0) is 13.0. The van der Waals surface area contributed by atoms with Crippen LogP contribution in [0, 0.1) is 0 Å². The third kappa shape index (κ3) is 3.21. The number of esters is 1. The highest BCUT2D eigenvalue weighted by molar-refractivity contribution is 5.76. The molecular formula is C13H17NO4. The fourth-order valence-electron chi connectivity index (χ4n) is 1.87. The molecule has 0 radical (unpaired) electrons. The van der Waals surface area contributed by atoms with E-state index in [-0.39, 0.29) is 12.6 Å². The molecule has 1 saturated heterocycles. The first-order valence-corrected chi connectivity index (χ1v) is 5.90. The van der Waals surface area contributed by atoms with E-state index >= 15 is 0 Å². The molecule has 1 aromatic rings. The average molecular weight is 251 g/mol. The van der Waals surface area contributed by atoms with E-state index in [0.29, 0.717) is 13.0 Å². The predicted octanol–water partition coefficient (Wildman–Crippen LogP) is 0.461. The van der Waals surface area contributed by atoms with Crippen LogP contribution in [-0.4, -0.2) is 36.9 Å². The highest BCUT2D eigenvalue weighted by Gasteiger charge is 2.29. The number of hydrogen-bond acceptors (Lipinski definition) is 5. The van der Waals surface area contributed by atoms with Crippen LogP contribution in [0.25, 0.3) is 0 Å². The van der Waals surface area contributed by atoms with E-state index in [9.17, 15) is 9.90 Å². The Morgan fingerprint density at radius 2 is 2.17 bits per heavy atom. The first kappa shape index (κ1) is 12.9. The summed E-state index contributed by atoms with van der Waals surface area (Å²) in [5, 5.41) is 12.2. The molecule has 18 heavy (non-hydrogen) atoms. The fourth-order valence-corrected chi connectivity index (χ4v) is 1.87. The second-order valence-corrected chi connectivity index (χ2v) is 4.31. The van der Waals surface area contributed by atoms with Gasteiger partial charge < -0.3 is 19.9 Å². The van der Waals surface area contributed by atoms with Crippen LogP contribution in [0.4, 0.5) is 0 Å². The number of carbonyl (C=O) groups excluding carboxylic acids is 1. The zero-order valence-electron chi connectivity index (χ0n) is 10.3. The number of β-amino-alcohol motifs (C(OH)–C–C–N with tert-alkyl or cyclic N) is 1. The Kier molecular flexibility index (Phi) is 4.17. The molecular weight excluding hydrogens is 234 g/mol. The molecule has 0 spiro atoms. The molecule has 0 saturated carbocycles. The van der Waals surface area contributed by atoms with Crippen molar-refractivity contribution in [3.63, 3.8) is 0 Å². The number of rotatable bonds is 4. The Balaban J connectivity index is 1.81. The third-order valence-electron chi connectivity index (χ3n) is 2.93. The highest BCUT2D eigenvalue weighted by Crippen LogP contribution is 2.13. The van der Waals surface area contributed by atoms with Crippen LogP contribution in [-0.2, 0) is 16.1 Å². The third-order valence-corrected chi connectivity index (χ3v) is 2.93. The van der Waals surface area contributed by atoms with Gasteiger partial charge >= 0.3 is 5.97 Å². The second-order valence-electron chi connectivity index (χ2n) is 4.31. The van der Waals surface area contributed by atoms with E-state index in [1.54, 1.807) is 7.11 Å². The number of aliphatic hydroxyl groups excluding tert-OH is 1. The van der Waals surface area contributed by atoms with Gasteiger partial charge in [0.15, 0.2) is 0 Å². The minimum absolute atomic E-state index is 0.233. The van der Waals surface area contributed by atoms with Gasteiger partial charge in [0.05, 0.1) is 13.2 Å². The molecule has 2 atom stereocenters. The normalized spacial score (nSPS) is 22.8. The van der Waals surface area contributed by atoms with Crippen LogP contribution < -0.4 is 10.1 Å². The van der Waals surface area contributed by atoms with E-state index in [1.807, 2.05) is 24.3 Å². The Morgan fingerprint density at radius 1 is 1.44 bits per heavy atom. The molecule has 1 heterocycles. The number of carbonyl (C=O) groups is 1. The van der Waals surface area contributed by atoms with Gasteiger partial charge in [-0.1, -0.05) is 12.1 Å². The largest absolute Gasteiger partial charge is 0.497 e. The lowest BCUT2D eigenvalue weighted by molar-refractivity contribution is -0.147. The molecule has 5 nitrogen and oxygen atoms in total. The van der Waals surface area contributed by atoms with Crippen molar-refractivity contribution in [2.45, 2.75) is 25.2 Å². The molecule has 1 fully saturated rings. The van der Waals surface area contributed by atoms with Gasteiger partial charge in [-0.3, -0.25) is 4.79 Å². The van der Waals surface area contributed by atoms with Crippen molar-refractivity contribution in [1.82, 2.24) is 5.32 Å². The van der Waals surface area contributed by atoms with E-state index in [2.05, 4.69) is 5.32 Å². The van der Waals surface area contributed by atoms with Crippen LogP contribution in [0.3, 0.4) is 0 Å². The lowest BCUT2D eigenvalue weighted by Gasteiger charge is -2.10. The van der Waals surface area contributed by atoms with Gasteiger partial charge in [0, 0.05) is 13.0 Å². The summed E-state index contributed by atoms with van der Waals surface area (Å²) in [5.41, 5.74) is 0.905. The molecule has 2 rings (SSSR count). The minimum atomic E-state index is -0.455. The van der Waals surface area contributed by atoms with Crippen molar-refractivity contribution >= 4 is 5.97 Å². The number of methoxy groups -OCH3 is 1. The van der Waals surface area contributed by atoms with Crippen LogP contribution in [0.15, 0.2) is 24.3 Å². The van der Waals surface area contributed by atoms with Crippen molar-refractivity contribution in [1.29, 1.82) is 0 Å². The van der Waals surface area contributed by atoms with Gasteiger partial charge in [-0.15, -0.1) is 0 Å². The topological polar surface area (TPSA) is 67.8 Å². The van der Waals surface area contributed by atoms with Gasteiger partial charge in [-0.25, -0.2) is 0 Å². The van der Waals surface area contributed by atoms with Crippen LogP contribution in [0.1, 0.15) is 12.0 Å². The summed E-state index contributed by atoms with van der Waals surface area (Å²) in [4.78, 5) is 11.7. The second kappa shape index (κ2) is 5.84. The summed E-state index contributed by atoms with van der Waals surface area (Å²) < 4.78 is 10.2. The molecule has 1 aliphatic heterocycles. The maximum absolute atomic E-state index is 11.7. The SMILES string of the molecule is COc1ccc(COC(=O)C2CC(O)CN2)cc1. The molecule has 2 N–H and O–H groups in total. The van der Waals surface area contributed by atoms with Crippen molar-refractivity contribution < 1.29 is 19.4 Å². The lowest BCUT2D eigenvalue weighted by Crippen LogP contribution is -2.32. The van der Waals surface area contributed by atoms with Crippen LogP contribution >= 0.6 is 0 Å². The quantitative estimate of drug-likeness (QED) is 0.761. The number of ether oxygens (including phenoxy) is 2. The smallest absolute Gasteiger partial charge is 0.323 e. The van der Waals surface area contributed by atoms with Gasteiger partial charge in [-0.05, 0) is 17.7 Å². The summed E-state index contributed by atoms with van der Waals surface area (Å²) in [6, 6.07) is 6.95. The summed E-state index contributed by atoms with van der Waals surface area (Å²) in [7, 11) is 1.60. The minimum Gasteiger partial charge on any atom is -0.497 e. The monoisotopic (exact) mass is 251 g/mol. The first-order valence-electron chi connectivity index (χ1n) is 5.90. The van der Waals surface area contributed by atoms with Crippen molar-refractivity contribution in [3.8, 4) is 5.75 Å². The Bertz CT molecular complexity index is 404. The van der Waals surface area contributed by atoms with Crippen LogP contribution in [0.2, 0.25) is 0 Å². The van der Waals surface area contributed by atoms with Gasteiger partial charge in [0.1, 0.15) is 18.4 Å². The summed E-state index contributed by atoms with van der Waals surface area (Å²) in [5.74, 6) is 0.452. The lowest BCUT2D eigenvalue weighted by atomic mass is 10.2. The Hall–Kier alpha value is -1.59. The summed E-state index contributed by atoms with van der Waals surface area (Å²) >= 11 is 0. The average Bonchev–Trinajstić information content (AvgIpc) is 2.83. The predicted molar refractivity (Wildman–Crippen MR) is 65.2 cm³/mol. The highest BCUT2D eigenvalue weighted by atomic mass is 16.5. The molecule has 0 bridgehead atoms. The van der Waals surface area contributed by atoms with Gasteiger partial charge in [-0.2, -0.15) is 0 Å². The first-order chi connectivity index (χ1) is 8.69. The molecule has 0 amide bonds. The van der Waals surface area contributed by atoms with Crippen molar-refractivity contribution in [2.24, 2.45) is 0 Å². The van der Waals surface area contributed by atoms with Gasteiger partial charge in [0.2, 0.25) is 0 Å². The van der Waals surface area contributed by atoms with Crippen molar-refractivity contribution in [3.05, 3.63) is 29.8 Å². The molecule has 0 aromatic heterocycles. The van der Waals surface area contributed by atoms with E-state index < -0.39 is 12.1 Å². The number of benzene rings is 1. The van der Waals surface area contributed by atoms with Crippen LogP contribution in [0.5, 0.6) is 5.75 Å². The Labute approximate surface area is 106 Å². The van der Waals surface area contributed by atoms with E-state index in [4.69, 9.17) is 9.47 Å². The molecule has 98 valence electrons. The number of hydrogen-bond donors (Lipinski definition) is 2. The maximum Gasteiger partial charge on any atom is 0.323 e. The zero-order valence-corrected chi connectivity index (χ0v) is 10.3. The Morgan fingerprint density at radius 3 is 2.72 bits per heavy atom. The molecule has 2 unspecified atom stereocenters. The number of nitrogens with one attached hydrogen (secondary N) is 1. The molecule has 1 aliphatic rings. The van der Waals surface area contributed by atoms with Crippen molar-refractivity contribution in [2.75, 3.05) is 13.7 Å². The van der Waals surface area contributed by atoms with E-state index in [0.717, 1.165) is 11.3 Å². The molecule has 1 aromatic carbocycles. The molecule has 5 heteroatoms. The summed E-state index contributed by atoms with van der Waals surface area (Å²) in [6.45, 7) is 0.680.